The Balaban J connectivity index is 1.67. The molecule has 8 heteroatoms. The van der Waals surface area contributed by atoms with Crippen LogP contribution in [0.5, 0.6) is 0 Å². The first-order valence-corrected chi connectivity index (χ1v) is 8.79. The van der Waals surface area contributed by atoms with E-state index in [0.29, 0.717) is 5.76 Å². The third-order valence-electron chi connectivity index (χ3n) is 4.61. The van der Waals surface area contributed by atoms with E-state index in [1.54, 1.807) is 6.07 Å². The summed E-state index contributed by atoms with van der Waals surface area (Å²) in [6.07, 6.45) is 2.58. The van der Waals surface area contributed by atoms with Gasteiger partial charge in [-0.05, 0) is 25.0 Å². The van der Waals surface area contributed by atoms with Crippen LogP contribution in [-0.2, 0) is 0 Å². The van der Waals surface area contributed by atoms with Crippen molar-refractivity contribution in [3.8, 4) is 0 Å². The molecule has 1 aromatic heterocycles. The van der Waals surface area contributed by atoms with Crippen molar-refractivity contribution < 1.29 is 9.34 Å². The van der Waals surface area contributed by atoms with Gasteiger partial charge in [0.25, 0.3) is 0 Å². The molecule has 2 N–H and O–H groups in total. The molecule has 4 rings (SSSR count). The van der Waals surface area contributed by atoms with Gasteiger partial charge in [0.2, 0.25) is 0 Å². The number of halogens is 1. The summed E-state index contributed by atoms with van der Waals surface area (Å²) >= 11 is 3.58. The van der Waals surface area contributed by atoms with Gasteiger partial charge in [-0.1, -0.05) is 45.8 Å². The Hall–Kier alpha value is -2.16. The summed E-state index contributed by atoms with van der Waals surface area (Å²) in [6.45, 7) is 2.07. The maximum absolute atomic E-state index is 10.9. The number of benzene rings is 1. The quantitative estimate of drug-likeness (QED) is 0.599. The van der Waals surface area contributed by atoms with Crippen LogP contribution in [0.2, 0.25) is 0 Å². The fourth-order valence-electron chi connectivity index (χ4n) is 3.45. The van der Waals surface area contributed by atoms with Crippen molar-refractivity contribution in [2.75, 3.05) is 0 Å². The van der Waals surface area contributed by atoms with E-state index < -0.39 is 4.92 Å². The zero-order valence-electron chi connectivity index (χ0n) is 13.5. The molecule has 25 heavy (non-hydrogen) atoms. The van der Waals surface area contributed by atoms with Gasteiger partial charge in [-0.25, -0.2) is 0 Å². The van der Waals surface area contributed by atoms with Gasteiger partial charge < -0.3 is 9.84 Å². The first kappa shape index (κ1) is 16.3. The average molecular weight is 405 g/mol. The van der Waals surface area contributed by atoms with Gasteiger partial charge in [0, 0.05) is 10.7 Å². The fraction of sp³-hybridized carbons (Fsp3) is 0.294. The topological polar surface area (TPSA) is 83.6 Å². The van der Waals surface area contributed by atoms with E-state index in [2.05, 4.69) is 56.8 Å². The Bertz CT molecular complexity index is 850. The van der Waals surface area contributed by atoms with Crippen LogP contribution in [0.1, 0.15) is 35.4 Å². The SMILES string of the molecule is Cc1cccc(C2CC(c3ccc([N+](=O)[O-])o3)NC3C(Br)=CNN32)c1. The molecule has 2 aliphatic heterocycles. The molecule has 3 unspecified atom stereocenters. The van der Waals surface area contributed by atoms with Crippen LogP contribution in [0.15, 0.2) is 51.5 Å². The van der Waals surface area contributed by atoms with Crippen molar-refractivity contribution in [2.45, 2.75) is 31.6 Å². The van der Waals surface area contributed by atoms with Crippen LogP contribution < -0.4 is 10.7 Å². The van der Waals surface area contributed by atoms with Gasteiger partial charge in [0.05, 0.1) is 18.2 Å². The Labute approximate surface area is 152 Å². The lowest BCUT2D eigenvalue weighted by Crippen LogP contribution is -2.54. The van der Waals surface area contributed by atoms with E-state index in [1.165, 1.54) is 17.2 Å². The molecule has 1 saturated heterocycles. The molecule has 0 spiro atoms. The Morgan fingerprint density at radius 3 is 2.92 bits per heavy atom. The van der Waals surface area contributed by atoms with Crippen LogP contribution in [-0.4, -0.2) is 16.1 Å². The highest BCUT2D eigenvalue weighted by Crippen LogP contribution is 2.41. The zero-order valence-corrected chi connectivity index (χ0v) is 15.1. The number of nitro groups is 1. The van der Waals surface area contributed by atoms with E-state index in [1.807, 2.05) is 12.3 Å². The van der Waals surface area contributed by atoms with Crippen LogP contribution >= 0.6 is 15.9 Å². The van der Waals surface area contributed by atoms with Crippen LogP contribution in [0.4, 0.5) is 5.88 Å². The van der Waals surface area contributed by atoms with E-state index in [9.17, 15) is 10.1 Å². The molecule has 1 fully saturated rings. The minimum absolute atomic E-state index is 0.0616. The smallest absolute Gasteiger partial charge is 0.404 e. The molecule has 0 aliphatic carbocycles. The monoisotopic (exact) mass is 404 g/mol. The second-order valence-corrected chi connectivity index (χ2v) is 7.20. The van der Waals surface area contributed by atoms with Crippen molar-refractivity contribution in [3.05, 3.63) is 74.1 Å². The predicted octanol–water partition coefficient (Wildman–Crippen LogP) is 3.65. The molecular formula is C17H17BrN4O3. The Morgan fingerprint density at radius 1 is 1.36 bits per heavy atom. The maximum Gasteiger partial charge on any atom is 0.433 e. The van der Waals surface area contributed by atoms with Gasteiger partial charge in [0.15, 0.2) is 0 Å². The fourth-order valence-corrected chi connectivity index (χ4v) is 3.90. The maximum atomic E-state index is 10.9. The van der Waals surface area contributed by atoms with Crippen molar-refractivity contribution in [3.63, 3.8) is 0 Å². The highest BCUT2D eigenvalue weighted by molar-refractivity contribution is 9.11. The molecule has 1 aromatic carbocycles. The van der Waals surface area contributed by atoms with Crippen molar-refractivity contribution in [1.29, 1.82) is 0 Å². The van der Waals surface area contributed by atoms with Crippen molar-refractivity contribution in [1.82, 2.24) is 15.8 Å². The lowest BCUT2D eigenvalue weighted by molar-refractivity contribution is -0.402. The summed E-state index contributed by atoms with van der Waals surface area (Å²) in [5.41, 5.74) is 5.69. The second-order valence-electron chi connectivity index (χ2n) is 6.29. The van der Waals surface area contributed by atoms with Gasteiger partial charge in [-0.15, -0.1) is 0 Å². The van der Waals surface area contributed by atoms with Crippen LogP contribution in [0.25, 0.3) is 0 Å². The number of nitrogens with one attached hydrogen (secondary N) is 2. The molecule has 0 saturated carbocycles. The molecule has 2 aromatic rings. The molecule has 2 aliphatic rings. The van der Waals surface area contributed by atoms with Gasteiger partial charge in [-0.2, -0.15) is 5.01 Å². The number of hydrogen-bond acceptors (Lipinski definition) is 6. The molecule has 0 bridgehead atoms. The van der Waals surface area contributed by atoms with E-state index in [0.717, 1.165) is 10.9 Å². The Kier molecular flexibility index (Phi) is 4.10. The first-order valence-electron chi connectivity index (χ1n) is 8.00. The minimum Gasteiger partial charge on any atom is -0.404 e. The summed E-state index contributed by atoms with van der Waals surface area (Å²) in [5.74, 6) is 0.349. The molecule has 130 valence electrons. The number of fused-ring (bicyclic) bond motifs is 1. The number of furan rings is 1. The molecule has 0 amide bonds. The summed E-state index contributed by atoms with van der Waals surface area (Å²) in [5, 5.41) is 16.5. The zero-order chi connectivity index (χ0) is 17.6. The summed E-state index contributed by atoms with van der Waals surface area (Å²) < 4.78 is 6.42. The highest BCUT2D eigenvalue weighted by Gasteiger charge is 2.41. The van der Waals surface area contributed by atoms with E-state index >= 15 is 0 Å². The van der Waals surface area contributed by atoms with Crippen LogP contribution in [0.3, 0.4) is 0 Å². The van der Waals surface area contributed by atoms with E-state index in [-0.39, 0.29) is 24.1 Å². The number of rotatable bonds is 3. The summed E-state index contributed by atoms with van der Waals surface area (Å²) in [7, 11) is 0. The lowest BCUT2D eigenvalue weighted by atomic mass is 9.93. The predicted molar refractivity (Wildman–Crippen MR) is 95.5 cm³/mol. The molecule has 3 heterocycles. The third-order valence-corrected chi connectivity index (χ3v) is 5.27. The largest absolute Gasteiger partial charge is 0.433 e. The molecule has 7 nitrogen and oxygen atoms in total. The normalized spacial score (nSPS) is 26.0. The van der Waals surface area contributed by atoms with Gasteiger partial charge >= 0.3 is 5.88 Å². The molecule has 3 atom stereocenters. The summed E-state index contributed by atoms with van der Waals surface area (Å²) in [4.78, 5) is 10.4. The highest BCUT2D eigenvalue weighted by atomic mass is 79.9. The minimum atomic E-state index is -0.510. The lowest BCUT2D eigenvalue weighted by Gasteiger charge is -2.42. The second kappa shape index (κ2) is 6.29. The van der Waals surface area contributed by atoms with Crippen molar-refractivity contribution in [2.24, 2.45) is 0 Å². The van der Waals surface area contributed by atoms with Crippen LogP contribution in [0, 0.1) is 17.0 Å². The third kappa shape index (κ3) is 2.97. The van der Waals surface area contributed by atoms with E-state index in [4.69, 9.17) is 4.42 Å². The molecular weight excluding hydrogens is 388 g/mol. The summed E-state index contributed by atoms with van der Waals surface area (Å²) in [6, 6.07) is 11.5. The average Bonchev–Trinajstić information content (AvgIpc) is 3.22. The first-order chi connectivity index (χ1) is 12.0. The standard InChI is InChI=1S/C17H17BrN4O3/c1-10-3-2-4-11(7-10)14-8-13(15-5-6-16(25-15)22(23)24)20-17-12(18)9-19-21(14)17/h2-7,9,13-14,17,19-20H,8H2,1H3. The number of nitrogens with zero attached hydrogens (tertiary/aromatic N) is 2. The molecule has 0 radical (unpaired) electrons. The Morgan fingerprint density at radius 2 is 2.20 bits per heavy atom. The number of hydrogen-bond donors (Lipinski definition) is 2. The number of aryl methyl sites for hydroxylation is 1. The van der Waals surface area contributed by atoms with Gasteiger partial charge in [-0.3, -0.25) is 15.4 Å². The number of hydrazine groups is 1. The van der Waals surface area contributed by atoms with Crippen molar-refractivity contribution >= 4 is 21.8 Å². The van der Waals surface area contributed by atoms with Gasteiger partial charge in [0.1, 0.15) is 16.8 Å².